The van der Waals surface area contributed by atoms with Gasteiger partial charge in [-0.1, -0.05) is 0 Å². The zero-order chi connectivity index (χ0) is 24.3. The molecule has 0 N–H and O–H groups in total. The summed E-state index contributed by atoms with van der Waals surface area (Å²) in [6.45, 7) is 2.58. The SMILES string of the molecule is O=C(C1CCN(S(=O)(=O)c2cccnc2)CC1)N1CCCN(c2ccc(C(F)(F)F)cn2)CC1. The van der Waals surface area contributed by atoms with Crippen molar-refractivity contribution in [3.63, 3.8) is 0 Å². The Morgan fingerprint density at radius 3 is 2.35 bits per heavy atom. The number of piperidine rings is 1. The number of hydrogen-bond acceptors (Lipinski definition) is 6. The van der Waals surface area contributed by atoms with Gasteiger partial charge in [0.05, 0.1) is 5.56 Å². The molecular formula is C22H26F3N5O3S. The van der Waals surface area contributed by atoms with E-state index in [4.69, 9.17) is 0 Å². The smallest absolute Gasteiger partial charge is 0.355 e. The predicted octanol–water partition coefficient (Wildman–Crippen LogP) is 2.64. The van der Waals surface area contributed by atoms with Gasteiger partial charge in [-0.05, 0) is 43.5 Å². The fourth-order valence-electron chi connectivity index (χ4n) is 4.36. The van der Waals surface area contributed by atoms with E-state index in [0.717, 1.165) is 12.3 Å². The van der Waals surface area contributed by atoms with Gasteiger partial charge in [0.1, 0.15) is 10.7 Å². The van der Waals surface area contributed by atoms with Gasteiger partial charge in [0.15, 0.2) is 0 Å². The number of rotatable bonds is 4. The Hall–Kier alpha value is -2.73. The summed E-state index contributed by atoms with van der Waals surface area (Å²) in [5.74, 6) is 0.202. The summed E-state index contributed by atoms with van der Waals surface area (Å²) in [6, 6.07) is 5.46. The molecule has 0 spiro atoms. The van der Waals surface area contributed by atoms with Gasteiger partial charge in [-0.2, -0.15) is 17.5 Å². The number of aromatic nitrogens is 2. The van der Waals surface area contributed by atoms with Crippen molar-refractivity contribution in [3.05, 3.63) is 48.4 Å². The molecule has 2 aliphatic rings. The highest BCUT2D eigenvalue weighted by Crippen LogP contribution is 2.30. The molecule has 184 valence electrons. The Bertz CT molecular complexity index is 1090. The van der Waals surface area contributed by atoms with E-state index < -0.39 is 21.8 Å². The van der Waals surface area contributed by atoms with Crippen molar-refractivity contribution >= 4 is 21.7 Å². The fraction of sp³-hybridized carbons (Fsp3) is 0.500. The average molecular weight is 498 g/mol. The molecule has 0 saturated carbocycles. The Kier molecular flexibility index (Phi) is 7.08. The molecule has 2 fully saturated rings. The van der Waals surface area contributed by atoms with Crippen LogP contribution in [0.15, 0.2) is 47.8 Å². The first-order chi connectivity index (χ1) is 16.2. The van der Waals surface area contributed by atoms with E-state index in [9.17, 15) is 26.4 Å². The number of hydrogen-bond donors (Lipinski definition) is 0. The molecule has 2 aliphatic heterocycles. The minimum Gasteiger partial charge on any atom is -0.355 e. The third kappa shape index (κ3) is 5.33. The van der Waals surface area contributed by atoms with Crippen molar-refractivity contribution in [1.29, 1.82) is 0 Å². The van der Waals surface area contributed by atoms with Crippen LogP contribution in [0.3, 0.4) is 0 Å². The number of carbonyl (C=O) groups excluding carboxylic acids is 1. The number of sulfonamides is 1. The lowest BCUT2D eigenvalue weighted by Crippen LogP contribution is -2.45. The summed E-state index contributed by atoms with van der Waals surface area (Å²) in [4.78, 5) is 24.8. The van der Waals surface area contributed by atoms with Crippen molar-refractivity contribution in [2.75, 3.05) is 44.2 Å². The van der Waals surface area contributed by atoms with Crippen LogP contribution in [-0.2, 0) is 21.0 Å². The van der Waals surface area contributed by atoms with Crippen molar-refractivity contribution < 1.29 is 26.4 Å². The Morgan fingerprint density at radius 2 is 1.74 bits per heavy atom. The highest BCUT2D eigenvalue weighted by Gasteiger charge is 2.35. The highest BCUT2D eigenvalue weighted by atomic mass is 32.2. The Labute approximate surface area is 196 Å². The summed E-state index contributed by atoms with van der Waals surface area (Å²) in [5.41, 5.74) is -0.792. The Morgan fingerprint density at radius 1 is 0.971 bits per heavy atom. The van der Waals surface area contributed by atoms with Crippen LogP contribution >= 0.6 is 0 Å². The van der Waals surface area contributed by atoms with Crippen LogP contribution in [0.2, 0.25) is 0 Å². The van der Waals surface area contributed by atoms with Gasteiger partial charge < -0.3 is 9.80 Å². The molecule has 0 aliphatic carbocycles. The average Bonchev–Trinajstić information content (AvgIpc) is 3.10. The normalized spacial score (nSPS) is 19.1. The van der Waals surface area contributed by atoms with E-state index in [2.05, 4.69) is 9.97 Å². The molecule has 0 atom stereocenters. The summed E-state index contributed by atoms with van der Waals surface area (Å²) in [6.07, 6.45) is 0.790. The summed E-state index contributed by atoms with van der Waals surface area (Å²) >= 11 is 0. The molecule has 2 aromatic rings. The number of pyridine rings is 2. The van der Waals surface area contributed by atoms with Gasteiger partial charge in [0.2, 0.25) is 15.9 Å². The van der Waals surface area contributed by atoms with E-state index in [1.54, 1.807) is 11.0 Å². The maximum Gasteiger partial charge on any atom is 0.417 e. The van der Waals surface area contributed by atoms with Crippen LogP contribution in [0.4, 0.5) is 19.0 Å². The minimum atomic E-state index is -4.43. The van der Waals surface area contributed by atoms with Gasteiger partial charge in [0.25, 0.3) is 0 Å². The highest BCUT2D eigenvalue weighted by molar-refractivity contribution is 7.89. The quantitative estimate of drug-likeness (QED) is 0.646. The van der Waals surface area contributed by atoms with Crippen LogP contribution in [0, 0.1) is 5.92 Å². The number of carbonyl (C=O) groups is 1. The monoisotopic (exact) mass is 497 g/mol. The molecule has 0 aromatic carbocycles. The molecule has 12 heteroatoms. The van der Waals surface area contributed by atoms with Gasteiger partial charge in [0, 0.05) is 63.8 Å². The van der Waals surface area contributed by atoms with E-state index in [0.29, 0.717) is 51.3 Å². The molecular weight excluding hydrogens is 471 g/mol. The van der Waals surface area contributed by atoms with E-state index in [-0.39, 0.29) is 29.8 Å². The van der Waals surface area contributed by atoms with Gasteiger partial charge in [-0.3, -0.25) is 9.78 Å². The first-order valence-corrected chi connectivity index (χ1v) is 12.6. The molecule has 34 heavy (non-hydrogen) atoms. The first kappa shape index (κ1) is 24.4. The predicted molar refractivity (Wildman–Crippen MR) is 118 cm³/mol. The molecule has 1 amide bonds. The molecule has 2 aromatic heterocycles. The summed E-state index contributed by atoms with van der Waals surface area (Å²) in [7, 11) is -3.63. The summed E-state index contributed by atoms with van der Waals surface area (Å²) < 4.78 is 65.3. The maximum absolute atomic E-state index is 13.1. The standard InChI is InChI=1S/C22H26F3N5O3S/c23-22(24,25)18-4-5-20(27-15-18)28-9-2-10-29(14-13-28)21(31)17-6-11-30(12-7-17)34(32,33)19-3-1-8-26-16-19/h1,3-5,8,15-17H,2,6-7,9-14H2. The first-order valence-electron chi connectivity index (χ1n) is 11.1. The maximum atomic E-state index is 13.1. The molecule has 0 unspecified atom stereocenters. The number of nitrogens with zero attached hydrogens (tertiary/aromatic N) is 5. The van der Waals surface area contributed by atoms with Crippen molar-refractivity contribution in [2.45, 2.75) is 30.3 Å². The molecule has 8 nitrogen and oxygen atoms in total. The van der Waals surface area contributed by atoms with E-state index >= 15 is 0 Å². The second-order valence-electron chi connectivity index (χ2n) is 8.44. The third-order valence-electron chi connectivity index (χ3n) is 6.28. The lowest BCUT2D eigenvalue weighted by molar-refractivity contribution is -0.138. The van der Waals surface area contributed by atoms with Gasteiger partial charge >= 0.3 is 6.18 Å². The number of halogens is 3. The minimum absolute atomic E-state index is 0.000606. The molecule has 0 radical (unpaired) electrons. The van der Waals surface area contributed by atoms with Crippen LogP contribution < -0.4 is 4.90 Å². The number of alkyl halides is 3. The van der Waals surface area contributed by atoms with E-state index in [1.807, 2.05) is 4.90 Å². The summed E-state index contributed by atoms with van der Waals surface area (Å²) in [5, 5.41) is 0. The van der Waals surface area contributed by atoms with Crippen LogP contribution in [0.1, 0.15) is 24.8 Å². The van der Waals surface area contributed by atoms with Crippen LogP contribution in [0.5, 0.6) is 0 Å². The van der Waals surface area contributed by atoms with E-state index in [1.165, 1.54) is 28.8 Å². The van der Waals surface area contributed by atoms with Gasteiger partial charge in [-0.15, -0.1) is 0 Å². The second-order valence-corrected chi connectivity index (χ2v) is 10.4. The van der Waals surface area contributed by atoms with Crippen molar-refractivity contribution in [1.82, 2.24) is 19.2 Å². The molecule has 4 heterocycles. The van der Waals surface area contributed by atoms with Crippen LogP contribution in [-0.4, -0.2) is 72.8 Å². The zero-order valence-electron chi connectivity index (χ0n) is 18.5. The van der Waals surface area contributed by atoms with Crippen molar-refractivity contribution in [2.24, 2.45) is 5.92 Å². The Balaban J connectivity index is 1.32. The van der Waals surface area contributed by atoms with Gasteiger partial charge in [-0.25, -0.2) is 13.4 Å². The lowest BCUT2D eigenvalue weighted by atomic mass is 9.96. The number of anilines is 1. The second kappa shape index (κ2) is 9.87. The number of amides is 1. The lowest BCUT2D eigenvalue weighted by Gasteiger charge is -2.33. The fourth-order valence-corrected chi connectivity index (χ4v) is 5.79. The third-order valence-corrected chi connectivity index (χ3v) is 8.16. The molecule has 0 bridgehead atoms. The molecule has 4 rings (SSSR count). The van der Waals surface area contributed by atoms with Crippen molar-refractivity contribution in [3.8, 4) is 0 Å². The molecule has 2 saturated heterocycles. The largest absolute Gasteiger partial charge is 0.417 e. The van der Waals surface area contributed by atoms with Crippen LogP contribution in [0.25, 0.3) is 0 Å². The topological polar surface area (TPSA) is 86.7 Å². The zero-order valence-corrected chi connectivity index (χ0v) is 19.3.